The number of hydrogen-bond acceptors (Lipinski definition) is 4. The van der Waals surface area contributed by atoms with Gasteiger partial charge in [0.05, 0.1) is 11.7 Å². The topological polar surface area (TPSA) is 76.8 Å². The van der Waals surface area contributed by atoms with Crippen molar-refractivity contribution in [3.05, 3.63) is 35.4 Å². The molecule has 3 rings (SSSR count). The van der Waals surface area contributed by atoms with Gasteiger partial charge in [0.25, 0.3) is 0 Å². The average Bonchev–Trinajstić information content (AvgIpc) is 2.88. The van der Waals surface area contributed by atoms with Gasteiger partial charge >= 0.3 is 12.2 Å². The van der Waals surface area contributed by atoms with Crippen LogP contribution >= 0.6 is 0 Å². The highest BCUT2D eigenvalue weighted by Gasteiger charge is 2.39. The smallest absolute Gasteiger partial charge is 0.385 e. The number of carbonyl (C=O) groups is 1. The average molecular weight is 514 g/mol. The lowest BCUT2D eigenvalue weighted by molar-refractivity contribution is -0.140. The third-order valence-corrected chi connectivity index (χ3v) is 7.49. The van der Waals surface area contributed by atoms with Crippen LogP contribution in [0.4, 0.5) is 18.0 Å². The third-order valence-electron chi connectivity index (χ3n) is 7.49. The van der Waals surface area contributed by atoms with Crippen LogP contribution in [0.15, 0.2) is 24.3 Å². The van der Waals surface area contributed by atoms with E-state index in [1.165, 1.54) is 44.2 Å². The van der Waals surface area contributed by atoms with Crippen molar-refractivity contribution in [3.63, 3.8) is 0 Å². The lowest BCUT2D eigenvalue weighted by Gasteiger charge is -2.38. The molecule has 2 aliphatic rings. The van der Waals surface area contributed by atoms with Crippen molar-refractivity contribution >= 4 is 6.03 Å². The van der Waals surface area contributed by atoms with Crippen molar-refractivity contribution in [3.8, 4) is 0 Å². The molecule has 1 saturated carbocycles. The van der Waals surface area contributed by atoms with Gasteiger partial charge in [-0.05, 0) is 43.2 Å². The highest BCUT2D eigenvalue weighted by atomic mass is 19.4. The van der Waals surface area contributed by atoms with Gasteiger partial charge in [0.1, 0.15) is 0 Å². The monoisotopic (exact) mass is 513 g/mol. The molecule has 0 bridgehead atoms. The Labute approximate surface area is 213 Å². The molecule has 2 amide bonds. The normalized spacial score (nSPS) is 21.2. The van der Waals surface area contributed by atoms with E-state index in [0.717, 1.165) is 12.5 Å². The van der Waals surface area contributed by atoms with E-state index in [4.69, 9.17) is 15.2 Å². The molecule has 1 unspecified atom stereocenters. The Morgan fingerprint density at radius 3 is 2.58 bits per heavy atom. The second kappa shape index (κ2) is 14.2. The molecule has 0 radical (unpaired) electrons. The minimum atomic E-state index is -4.48. The summed E-state index contributed by atoms with van der Waals surface area (Å²) in [6.45, 7) is 2.04. The summed E-state index contributed by atoms with van der Waals surface area (Å²) >= 11 is 0. The largest absolute Gasteiger partial charge is 0.416 e. The Morgan fingerprint density at radius 1 is 1.14 bits per heavy atom. The molecule has 3 atom stereocenters. The number of alkyl halides is 3. The summed E-state index contributed by atoms with van der Waals surface area (Å²) in [6.07, 6.45) is 3.71. The summed E-state index contributed by atoms with van der Waals surface area (Å²) in [4.78, 5) is 14.9. The van der Waals surface area contributed by atoms with Crippen LogP contribution in [0.2, 0.25) is 0 Å². The predicted molar refractivity (Wildman–Crippen MR) is 133 cm³/mol. The fourth-order valence-electron chi connectivity index (χ4n) is 5.64. The van der Waals surface area contributed by atoms with Crippen LogP contribution < -0.4 is 11.1 Å². The number of nitrogens with zero attached hydrogens (tertiary/aromatic N) is 1. The number of benzene rings is 1. The predicted octanol–water partition coefficient (Wildman–Crippen LogP) is 5.52. The maximum Gasteiger partial charge on any atom is 0.416 e. The molecule has 36 heavy (non-hydrogen) atoms. The Bertz CT molecular complexity index is 802. The van der Waals surface area contributed by atoms with Gasteiger partial charge < -0.3 is 25.4 Å². The molecule has 1 aromatic carbocycles. The van der Waals surface area contributed by atoms with Crippen LogP contribution in [0.1, 0.15) is 75.0 Å². The molecule has 1 aliphatic carbocycles. The number of halogens is 3. The number of piperidine rings is 1. The van der Waals surface area contributed by atoms with Gasteiger partial charge in [-0.3, -0.25) is 0 Å². The van der Waals surface area contributed by atoms with Crippen LogP contribution in [-0.4, -0.2) is 56.9 Å². The van der Waals surface area contributed by atoms with Gasteiger partial charge in [-0.15, -0.1) is 0 Å². The van der Waals surface area contributed by atoms with Crippen LogP contribution in [0.3, 0.4) is 0 Å². The van der Waals surface area contributed by atoms with Gasteiger partial charge in [-0.2, -0.15) is 13.2 Å². The Kier molecular flexibility index (Phi) is 11.3. The summed E-state index contributed by atoms with van der Waals surface area (Å²) in [6, 6.07) is 5.33. The molecule has 6 nitrogen and oxygen atoms in total. The number of amides is 2. The van der Waals surface area contributed by atoms with Crippen molar-refractivity contribution in [2.75, 3.05) is 40.0 Å². The van der Waals surface area contributed by atoms with Gasteiger partial charge in [-0.1, -0.05) is 50.3 Å². The van der Waals surface area contributed by atoms with Gasteiger partial charge in [-0.25, -0.2) is 4.79 Å². The first kappa shape index (κ1) is 28.7. The number of nitrogens with one attached hydrogen (secondary N) is 1. The van der Waals surface area contributed by atoms with Crippen LogP contribution in [0.5, 0.6) is 0 Å². The van der Waals surface area contributed by atoms with Gasteiger partial charge in [0.2, 0.25) is 0 Å². The summed E-state index contributed by atoms with van der Waals surface area (Å²) in [5.41, 5.74) is 5.44. The first-order chi connectivity index (χ1) is 17.3. The van der Waals surface area contributed by atoms with E-state index in [1.807, 2.05) is 0 Å². The summed E-state index contributed by atoms with van der Waals surface area (Å²) in [5, 5.41) is 3.10. The Balaban J connectivity index is 1.70. The zero-order valence-electron chi connectivity index (χ0n) is 21.4. The quantitative estimate of drug-likeness (QED) is 0.382. The van der Waals surface area contributed by atoms with E-state index in [2.05, 4.69) is 5.32 Å². The number of nitrogens with two attached hydrogens (primary N) is 1. The molecule has 1 heterocycles. The van der Waals surface area contributed by atoms with Crippen molar-refractivity contribution < 1.29 is 27.4 Å². The van der Waals surface area contributed by atoms with E-state index in [1.54, 1.807) is 18.1 Å². The molecule has 1 aliphatic heterocycles. The first-order valence-electron chi connectivity index (χ1n) is 13.4. The minimum Gasteiger partial charge on any atom is -0.385 e. The zero-order valence-corrected chi connectivity index (χ0v) is 21.4. The summed E-state index contributed by atoms with van der Waals surface area (Å²) < 4.78 is 52.7. The fraction of sp³-hybridized carbons (Fsp3) is 0.741. The van der Waals surface area contributed by atoms with E-state index in [0.29, 0.717) is 51.4 Å². The maximum absolute atomic E-state index is 13.8. The highest BCUT2D eigenvalue weighted by Crippen LogP contribution is 2.40. The highest BCUT2D eigenvalue weighted by molar-refractivity contribution is 5.74. The molecule has 2 fully saturated rings. The van der Waals surface area contributed by atoms with E-state index in [-0.39, 0.29) is 30.2 Å². The SMILES string of the molecule is COCCCOC(c1ccccc1C(F)(F)F)[C@@H]1CCCN(C(=O)N[C@H](CN)CC2CCCCC2)C1. The van der Waals surface area contributed by atoms with Crippen LogP contribution in [0, 0.1) is 11.8 Å². The third kappa shape index (κ3) is 8.35. The molecular formula is C27H42F3N3O3. The number of hydrogen-bond donors (Lipinski definition) is 2. The van der Waals surface area contributed by atoms with Crippen molar-refractivity contribution in [2.24, 2.45) is 17.6 Å². The lowest BCUT2D eigenvalue weighted by atomic mass is 9.85. The Morgan fingerprint density at radius 2 is 1.89 bits per heavy atom. The van der Waals surface area contributed by atoms with Crippen molar-refractivity contribution in [1.82, 2.24) is 10.2 Å². The van der Waals surface area contributed by atoms with E-state index in [9.17, 15) is 18.0 Å². The number of ether oxygens (including phenoxy) is 2. The summed E-state index contributed by atoms with van der Waals surface area (Å²) in [7, 11) is 1.58. The molecule has 204 valence electrons. The van der Waals surface area contributed by atoms with Gasteiger partial charge in [0, 0.05) is 51.9 Å². The molecule has 0 spiro atoms. The maximum atomic E-state index is 13.8. The molecular weight excluding hydrogens is 471 g/mol. The zero-order chi connectivity index (χ0) is 26.0. The van der Waals surface area contributed by atoms with E-state index >= 15 is 0 Å². The number of rotatable bonds is 11. The molecule has 1 aromatic rings. The van der Waals surface area contributed by atoms with Crippen LogP contribution in [0.25, 0.3) is 0 Å². The minimum absolute atomic E-state index is 0.0898. The van der Waals surface area contributed by atoms with Crippen molar-refractivity contribution in [2.45, 2.75) is 76.1 Å². The fourth-order valence-corrected chi connectivity index (χ4v) is 5.64. The van der Waals surface area contributed by atoms with Gasteiger partial charge in [0.15, 0.2) is 0 Å². The molecule has 0 aromatic heterocycles. The second-order valence-electron chi connectivity index (χ2n) is 10.2. The molecule has 3 N–H and O–H groups in total. The Hall–Kier alpha value is -1.84. The lowest BCUT2D eigenvalue weighted by Crippen LogP contribution is -2.51. The number of methoxy groups -OCH3 is 1. The van der Waals surface area contributed by atoms with Crippen molar-refractivity contribution in [1.29, 1.82) is 0 Å². The second-order valence-corrected chi connectivity index (χ2v) is 10.2. The molecule has 9 heteroatoms. The number of urea groups is 1. The number of likely N-dealkylation sites (tertiary alicyclic amines) is 1. The summed E-state index contributed by atoms with van der Waals surface area (Å²) in [5.74, 6) is 0.343. The standard InChI is InChI=1S/C27H42F3N3O3/c1-35-15-8-16-36-25(23-12-5-6-13-24(23)27(28,29)30)21-11-7-14-33(19-21)26(34)32-22(18-31)17-20-9-3-2-4-10-20/h5-6,12-13,20-22,25H,2-4,7-11,14-19,31H2,1H3,(H,32,34)/t21-,22+,25?/m1/s1. The van der Waals surface area contributed by atoms with Crippen LogP contribution in [-0.2, 0) is 15.7 Å². The van der Waals surface area contributed by atoms with E-state index < -0.39 is 17.8 Å². The number of carbonyl (C=O) groups excluding carboxylic acids is 1. The first-order valence-corrected chi connectivity index (χ1v) is 13.4. The molecule has 1 saturated heterocycles.